The molecule has 4 nitrogen and oxygen atoms in total. The number of carbonyl (C=O) groups excluding carboxylic acids is 1. The number of nitrogens with zero attached hydrogens (tertiary/aromatic N) is 1. The number of hydrogen-bond donors (Lipinski definition) is 1. The van der Waals surface area contributed by atoms with Crippen molar-refractivity contribution in [3.63, 3.8) is 0 Å². The fraction of sp³-hybridized carbons (Fsp3) is 0.643. The summed E-state index contributed by atoms with van der Waals surface area (Å²) in [5.41, 5.74) is 0. The molecule has 20 heavy (non-hydrogen) atoms. The van der Waals surface area contributed by atoms with Gasteiger partial charge < -0.3 is 15.0 Å². The summed E-state index contributed by atoms with van der Waals surface area (Å²) >= 11 is 7.36. The van der Waals surface area contributed by atoms with Gasteiger partial charge in [-0.3, -0.25) is 0 Å². The molecule has 1 N–H and O–H groups in total. The van der Waals surface area contributed by atoms with Crippen LogP contribution in [-0.2, 0) is 11.3 Å². The van der Waals surface area contributed by atoms with E-state index < -0.39 is 0 Å². The van der Waals surface area contributed by atoms with Gasteiger partial charge in [0.1, 0.15) is 0 Å². The standard InChI is InChI=1S/C14H23ClN2O2S/c1-11(2)10-19-8-4-7-16-14(18)17(3)9-12-5-6-13(15)20-12/h5-6,11H,4,7-10H2,1-3H3,(H,16,18). The van der Waals surface area contributed by atoms with Crippen molar-refractivity contribution in [1.82, 2.24) is 10.2 Å². The Labute approximate surface area is 130 Å². The Bertz CT molecular complexity index is 410. The van der Waals surface area contributed by atoms with Crippen LogP contribution in [0.25, 0.3) is 0 Å². The number of nitrogens with one attached hydrogen (secondary N) is 1. The SMILES string of the molecule is CC(C)COCCCNC(=O)N(C)Cc1ccc(Cl)s1. The van der Waals surface area contributed by atoms with E-state index in [0.29, 0.717) is 25.6 Å². The Hall–Kier alpha value is -0.780. The first-order valence-electron chi connectivity index (χ1n) is 6.80. The van der Waals surface area contributed by atoms with Crippen molar-refractivity contribution in [2.45, 2.75) is 26.8 Å². The van der Waals surface area contributed by atoms with Crippen LogP contribution in [-0.4, -0.2) is 37.7 Å². The molecule has 0 atom stereocenters. The predicted molar refractivity (Wildman–Crippen MR) is 84.5 cm³/mol. The lowest BCUT2D eigenvalue weighted by atomic mass is 10.2. The first-order valence-corrected chi connectivity index (χ1v) is 7.99. The third-order valence-electron chi connectivity index (χ3n) is 2.56. The van der Waals surface area contributed by atoms with Gasteiger partial charge in [-0.15, -0.1) is 11.3 Å². The molecule has 2 amide bonds. The zero-order chi connectivity index (χ0) is 15.0. The Morgan fingerprint density at radius 3 is 2.85 bits per heavy atom. The molecule has 1 aromatic heterocycles. The van der Waals surface area contributed by atoms with E-state index >= 15 is 0 Å². The van der Waals surface area contributed by atoms with E-state index in [1.807, 2.05) is 12.1 Å². The highest BCUT2D eigenvalue weighted by Gasteiger charge is 2.09. The summed E-state index contributed by atoms with van der Waals surface area (Å²) in [5, 5.41) is 2.88. The molecule has 114 valence electrons. The predicted octanol–water partition coefficient (Wildman–Crippen LogP) is 3.61. The third-order valence-corrected chi connectivity index (χ3v) is 3.78. The van der Waals surface area contributed by atoms with Crippen LogP contribution >= 0.6 is 22.9 Å². The maximum atomic E-state index is 11.8. The van der Waals surface area contributed by atoms with Gasteiger partial charge in [0.15, 0.2) is 0 Å². The highest BCUT2D eigenvalue weighted by atomic mass is 35.5. The first-order chi connectivity index (χ1) is 9.49. The molecule has 0 aliphatic heterocycles. The number of hydrogen-bond acceptors (Lipinski definition) is 3. The maximum Gasteiger partial charge on any atom is 0.317 e. The van der Waals surface area contributed by atoms with Gasteiger partial charge in [0, 0.05) is 31.7 Å². The van der Waals surface area contributed by atoms with Crippen LogP contribution in [0.3, 0.4) is 0 Å². The van der Waals surface area contributed by atoms with E-state index in [1.165, 1.54) is 11.3 Å². The molecule has 1 aromatic rings. The van der Waals surface area contributed by atoms with Crippen LogP contribution in [0.5, 0.6) is 0 Å². The van der Waals surface area contributed by atoms with Crippen LogP contribution in [0.15, 0.2) is 12.1 Å². The summed E-state index contributed by atoms with van der Waals surface area (Å²) in [7, 11) is 1.78. The molecule has 0 saturated heterocycles. The average molecular weight is 319 g/mol. The fourth-order valence-electron chi connectivity index (χ4n) is 1.57. The second-order valence-electron chi connectivity index (χ2n) is 5.12. The second-order valence-corrected chi connectivity index (χ2v) is 6.92. The van der Waals surface area contributed by atoms with Crippen molar-refractivity contribution in [3.8, 4) is 0 Å². The van der Waals surface area contributed by atoms with Gasteiger partial charge in [0.25, 0.3) is 0 Å². The number of carbonyl (C=O) groups is 1. The zero-order valence-corrected chi connectivity index (χ0v) is 13.9. The van der Waals surface area contributed by atoms with Gasteiger partial charge in [0.05, 0.1) is 10.9 Å². The number of amides is 2. The van der Waals surface area contributed by atoms with E-state index in [-0.39, 0.29) is 6.03 Å². The van der Waals surface area contributed by atoms with Crippen molar-refractivity contribution in [1.29, 1.82) is 0 Å². The van der Waals surface area contributed by atoms with Crippen molar-refractivity contribution in [2.75, 3.05) is 26.8 Å². The fourth-order valence-corrected chi connectivity index (χ4v) is 2.71. The number of urea groups is 1. The smallest absolute Gasteiger partial charge is 0.317 e. The number of thiophene rings is 1. The van der Waals surface area contributed by atoms with Crippen LogP contribution in [0, 0.1) is 5.92 Å². The highest BCUT2D eigenvalue weighted by Crippen LogP contribution is 2.22. The first kappa shape index (κ1) is 17.3. The van der Waals surface area contributed by atoms with Gasteiger partial charge in [-0.2, -0.15) is 0 Å². The van der Waals surface area contributed by atoms with Gasteiger partial charge in [-0.25, -0.2) is 4.79 Å². The molecule has 0 radical (unpaired) electrons. The van der Waals surface area contributed by atoms with E-state index in [9.17, 15) is 4.79 Å². The summed E-state index contributed by atoms with van der Waals surface area (Å²) in [6.45, 7) is 6.90. The second kappa shape index (κ2) is 9.21. The lowest BCUT2D eigenvalue weighted by Crippen LogP contribution is -2.37. The molecule has 6 heteroatoms. The number of rotatable bonds is 8. The van der Waals surface area contributed by atoms with Crippen LogP contribution < -0.4 is 5.32 Å². The average Bonchev–Trinajstić information content (AvgIpc) is 2.78. The Morgan fingerprint density at radius 2 is 2.25 bits per heavy atom. The molecule has 0 aliphatic carbocycles. The lowest BCUT2D eigenvalue weighted by Gasteiger charge is -2.17. The molecular weight excluding hydrogens is 296 g/mol. The third kappa shape index (κ3) is 7.12. The van der Waals surface area contributed by atoms with E-state index in [0.717, 1.165) is 22.2 Å². The van der Waals surface area contributed by atoms with Crippen molar-refractivity contribution in [2.24, 2.45) is 5.92 Å². The molecule has 0 bridgehead atoms. The molecule has 1 heterocycles. The molecule has 0 fully saturated rings. The quantitative estimate of drug-likeness (QED) is 0.744. The topological polar surface area (TPSA) is 41.6 Å². The Kier molecular flexibility index (Phi) is 7.95. The number of ether oxygens (including phenoxy) is 1. The largest absolute Gasteiger partial charge is 0.381 e. The molecule has 0 aromatic carbocycles. The molecule has 0 unspecified atom stereocenters. The zero-order valence-electron chi connectivity index (χ0n) is 12.3. The summed E-state index contributed by atoms with van der Waals surface area (Å²) in [6.07, 6.45) is 0.830. The van der Waals surface area contributed by atoms with Crippen LogP contribution in [0.1, 0.15) is 25.1 Å². The summed E-state index contributed by atoms with van der Waals surface area (Å²) < 4.78 is 6.20. The minimum absolute atomic E-state index is 0.0709. The van der Waals surface area contributed by atoms with Crippen molar-refractivity contribution in [3.05, 3.63) is 21.3 Å². The van der Waals surface area contributed by atoms with Gasteiger partial charge in [-0.05, 0) is 24.5 Å². The Balaban J connectivity index is 2.12. The van der Waals surface area contributed by atoms with E-state index in [2.05, 4.69) is 19.2 Å². The molecule has 1 rings (SSSR count). The lowest BCUT2D eigenvalue weighted by molar-refractivity contribution is 0.108. The van der Waals surface area contributed by atoms with Gasteiger partial charge in [-0.1, -0.05) is 25.4 Å². The Morgan fingerprint density at radius 1 is 1.50 bits per heavy atom. The summed E-state index contributed by atoms with van der Waals surface area (Å²) in [6, 6.07) is 3.72. The van der Waals surface area contributed by atoms with Crippen LogP contribution in [0.2, 0.25) is 4.34 Å². The molecule has 0 aliphatic rings. The minimum Gasteiger partial charge on any atom is -0.381 e. The normalized spacial score (nSPS) is 10.8. The van der Waals surface area contributed by atoms with E-state index in [1.54, 1.807) is 11.9 Å². The highest BCUT2D eigenvalue weighted by molar-refractivity contribution is 7.16. The van der Waals surface area contributed by atoms with Crippen molar-refractivity contribution >= 4 is 29.0 Å². The monoisotopic (exact) mass is 318 g/mol. The molecular formula is C14H23ClN2O2S. The van der Waals surface area contributed by atoms with Crippen LogP contribution in [0.4, 0.5) is 4.79 Å². The van der Waals surface area contributed by atoms with Gasteiger partial charge in [0.2, 0.25) is 0 Å². The summed E-state index contributed by atoms with van der Waals surface area (Å²) in [5.74, 6) is 0.549. The minimum atomic E-state index is -0.0709. The van der Waals surface area contributed by atoms with Crippen molar-refractivity contribution < 1.29 is 9.53 Å². The molecule has 0 spiro atoms. The summed E-state index contributed by atoms with van der Waals surface area (Å²) in [4.78, 5) is 14.6. The maximum absolute atomic E-state index is 11.8. The number of halogens is 1. The van der Waals surface area contributed by atoms with E-state index in [4.69, 9.17) is 16.3 Å². The molecule has 0 saturated carbocycles. The van der Waals surface area contributed by atoms with Gasteiger partial charge >= 0.3 is 6.03 Å².